The molecule has 1 fully saturated rings. The summed E-state index contributed by atoms with van der Waals surface area (Å²) in [6.07, 6.45) is 0. The van der Waals surface area contributed by atoms with E-state index in [1.165, 1.54) is 6.07 Å². The van der Waals surface area contributed by atoms with Crippen LogP contribution in [0.25, 0.3) is 11.1 Å². The lowest BCUT2D eigenvalue weighted by atomic mass is 10.0. The number of non-ortho nitro benzene ring substituents is 1. The molecule has 1 aliphatic heterocycles. The first-order valence-corrected chi connectivity index (χ1v) is 11.1. The van der Waals surface area contributed by atoms with Crippen LogP contribution in [0.1, 0.15) is 15.9 Å². The third kappa shape index (κ3) is 7.21. The Morgan fingerprint density at radius 2 is 1.36 bits per heavy atom. The van der Waals surface area contributed by atoms with Crippen LogP contribution in [0.5, 0.6) is 0 Å². The van der Waals surface area contributed by atoms with Crippen molar-refractivity contribution in [1.82, 2.24) is 9.80 Å². The Balaban J connectivity index is 0.000000538. The number of carboxylic acids is 2. The van der Waals surface area contributed by atoms with Crippen LogP contribution in [-0.4, -0.2) is 69.0 Å². The molecule has 3 aromatic carbocycles. The van der Waals surface area contributed by atoms with Gasteiger partial charge in [0.25, 0.3) is 11.6 Å². The molecule has 1 amide bonds. The zero-order chi connectivity index (χ0) is 26.1. The van der Waals surface area contributed by atoms with Gasteiger partial charge in [0.1, 0.15) is 0 Å². The predicted octanol–water partition coefficient (Wildman–Crippen LogP) is 3.38. The van der Waals surface area contributed by atoms with Gasteiger partial charge in [-0.05, 0) is 28.8 Å². The van der Waals surface area contributed by atoms with E-state index in [4.69, 9.17) is 19.8 Å². The average Bonchev–Trinajstić information content (AvgIpc) is 2.90. The number of carbonyl (C=O) groups is 3. The van der Waals surface area contributed by atoms with Gasteiger partial charge in [-0.3, -0.25) is 19.8 Å². The summed E-state index contributed by atoms with van der Waals surface area (Å²) in [5.74, 6) is -3.60. The highest BCUT2D eigenvalue weighted by Crippen LogP contribution is 2.21. The summed E-state index contributed by atoms with van der Waals surface area (Å²) < 4.78 is 0. The highest BCUT2D eigenvalue weighted by molar-refractivity contribution is 6.27. The smallest absolute Gasteiger partial charge is 0.414 e. The Hall–Kier alpha value is -4.57. The van der Waals surface area contributed by atoms with Crippen molar-refractivity contribution in [3.63, 3.8) is 0 Å². The lowest BCUT2D eigenvalue weighted by Gasteiger charge is -2.34. The van der Waals surface area contributed by atoms with Gasteiger partial charge in [-0.25, -0.2) is 9.59 Å². The minimum atomic E-state index is -1.82. The second-order valence-corrected chi connectivity index (χ2v) is 8.05. The van der Waals surface area contributed by atoms with E-state index in [2.05, 4.69) is 17.0 Å². The molecular formula is C26H25N3O7. The Morgan fingerprint density at radius 1 is 0.778 bits per heavy atom. The van der Waals surface area contributed by atoms with Crippen molar-refractivity contribution in [3.05, 3.63) is 100 Å². The molecule has 4 rings (SSSR count). The van der Waals surface area contributed by atoms with Gasteiger partial charge in [0.2, 0.25) is 0 Å². The largest absolute Gasteiger partial charge is 0.473 e. The van der Waals surface area contributed by atoms with E-state index in [1.807, 2.05) is 53.4 Å². The first kappa shape index (κ1) is 26.0. The second-order valence-electron chi connectivity index (χ2n) is 8.05. The number of carboxylic acid groups (broad SMARTS) is 2. The van der Waals surface area contributed by atoms with Crippen LogP contribution in [0.15, 0.2) is 78.9 Å². The third-order valence-corrected chi connectivity index (χ3v) is 5.61. The molecule has 1 heterocycles. The predicted molar refractivity (Wildman–Crippen MR) is 131 cm³/mol. The molecule has 36 heavy (non-hydrogen) atoms. The normalized spacial score (nSPS) is 13.3. The van der Waals surface area contributed by atoms with Gasteiger partial charge >= 0.3 is 11.9 Å². The van der Waals surface area contributed by atoms with Crippen LogP contribution in [0.3, 0.4) is 0 Å². The van der Waals surface area contributed by atoms with Crippen LogP contribution < -0.4 is 0 Å². The quantitative estimate of drug-likeness (QED) is 0.314. The topological polar surface area (TPSA) is 141 Å². The number of aliphatic carboxylic acids is 2. The van der Waals surface area contributed by atoms with Crippen molar-refractivity contribution in [3.8, 4) is 11.1 Å². The molecular weight excluding hydrogens is 466 g/mol. The van der Waals surface area contributed by atoms with Crippen LogP contribution in [0.2, 0.25) is 0 Å². The van der Waals surface area contributed by atoms with E-state index in [0.29, 0.717) is 25.2 Å². The van der Waals surface area contributed by atoms with Gasteiger partial charge in [0, 0.05) is 50.4 Å². The Labute approximate surface area is 207 Å². The van der Waals surface area contributed by atoms with Crippen molar-refractivity contribution in [2.24, 2.45) is 0 Å². The summed E-state index contributed by atoms with van der Waals surface area (Å²) in [7, 11) is 0. The van der Waals surface area contributed by atoms with E-state index < -0.39 is 11.9 Å². The van der Waals surface area contributed by atoms with Gasteiger partial charge in [-0.15, -0.1) is 0 Å². The maximum atomic E-state index is 12.9. The number of amides is 1. The molecule has 0 bridgehead atoms. The molecule has 0 radical (unpaired) electrons. The zero-order valence-electron chi connectivity index (χ0n) is 19.3. The van der Waals surface area contributed by atoms with Crippen molar-refractivity contribution in [2.45, 2.75) is 6.54 Å². The van der Waals surface area contributed by atoms with Gasteiger partial charge < -0.3 is 15.1 Å². The van der Waals surface area contributed by atoms with E-state index in [0.717, 1.165) is 29.8 Å². The Bertz CT molecular complexity index is 1210. The fourth-order valence-corrected chi connectivity index (χ4v) is 3.75. The molecule has 0 atom stereocenters. The SMILES string of the molecule is O=C(O)C(=O)O.O=C(c1ccc(-c2ccccc2)cc1)N1CCN(Cc2cccc([N+](=O)[O-])c2)CC1. The van der Waals surface area contributed by atoms with Crippen LogP contribution in [0, 0.1) is 10.1 Å². The lowest BCUT2D eigenvalue weighted by molar-refractivity contribution is -0.384. The summed E-state index contributed by atoms with van der Waals surface area (Å²) in [6.45, 7) is 3.44. The van der Waals surface area contributed by atoms with E-state index in [9.17, 15) is 14.9 Å². The molecule has 0 spiro atoms. The summed E-state index contributed by atoms with van der Waals surface area (Å²) in [6, 6.07) is 24.6. The fourth-order valence-electron chi connectivity index (χ4n) is 3.75. The van der Waals surface area contributed by atoms with Gasteiger partial charge in [-0.1, -0.05) is 54.6 Å². The monoisotopic (exact) mass is 491 g/mol. The van der Waals surface area contributed by atoms with E-state index >= 15 is 0 Å². The van der Waals surface area contributed by atoms with Gasteiger partial charge in [0.15, 0.2) is 0 Å². The zero-order valence-corrected chi connectivity index (χ0v) is 19.3. The van der Waals surface area contributed by atoms with Crippen molar-refractivity contribution in [2.75, 3.05) is 26.2 Å². The molecule has 10 nitrogen and oxygen atoms in total. The molecule has 2 N–H and O–H groups in total. The van der Waals surface area contributed by atoms with Crippen molar-refractivity contribution in [1.29, 1.82) is 0 Å². The molecule has 10 heteroatoms. The number of piperazine rings is 1. The highest BCUT2D eigenvalue weighted by atomic mass is 16.6. The summed E-state index contributed by atoms with van der Waals surface area (Å²) in [5.41, 5.74) is 3.95. The average molecular weight is 492 g/mol. The van der Waals surface area contributed by atoms with Crippen LogP contribution in [0.4, 0.5) is 5.69 Å². The van der Waals surface area contributed by atoms with Crippen LogP contribution in [-0.2, 0) is 16.1 Å². The lowest BCUT2D eigenvalue weighted by Crippen LogP contribution is -2.48. The molecule has 1 saturated heterocycles. The summed E-state index contributed by atoms with van der Waals surface area (Å²) >= 11 is 0. The number of rotatable bonds is 5. The van der Waals surface area contributed by atoms with Crippen molar-refractivity contribution >= 4 is 23.5 Å². The highest BCUT2D eigenvalue weighted by Gasteiger charge is 2.22. The first-order valence-electron chi connectivity index (χ1n) is 11.1. The minimum absolute atomic E-state index is 0.0459. The molecule has 0 saturated carbocycles. The summed E-state index contributed by atoms with van der Waals surface area (Å²) in [4.78, 5) is 45.7. The number of hydrogen-bond donors (Lipinski definition) is 2. The molecule has 1 aliphatic rings. The maximum Gasteiger partial charge on any atom is 0.414 e. The second kappa shape index (κ2) is 12.2. The van der Waals surface area contributed by atoms with Gasteiger partial charge in [0.05, 0.1) is 4.92 Å². The van der Waals surface area contributed by atoms with Crippen LogP contribution >= 0.6 is 0 Å². The van der Waals surface area contributed by atoms with E-state index in [1.54, 1.807) is 12.1 Å². The number of benzene rings is 3. The Kier molecular flexibility index (Phi) is 8.84. The molecule has 0 unspecified atom stereocenters. The number of carbonyl (C=O) groups excluding carboxylic acids is 1. The number of hydrogen-bond acceptors (Lipinski definition) is 6. The fraction of sp³-hybridized carbons (Fsp3) is 0.192. The standard InChI is InChI=1S/C24H23N3O3.C2H2O4/c28-24(22-11-9-21(10-12-22)20-6-2-1-3-7-20)26-15-13-25(14-16-26)18-19-5-4-8-23(17-19)27(29)30;3-1(4)2(5)6/h1-12,17H,13-16,18H2;(H,3,4)(H,5,6). The summed E-state index contributed by atoms with van der Waals surface area (Å²) in [5, 5.41) is 25.7. The molecule has 186 valence electrons. The van der Waals surface area contributed by atoms with E-state index in [-0.39, 0.29) is 16.5 Å². The first-order chi connectivity index (χ1) is 17.2. The Morgan fingerprint density at radius 3 is 1.92 bits per heavy atom. The molecule has 0 aromatic heterocycles. The molecule has 3 aromatic rings. The maximum absolute atomic E-state index is 12.9. The minimum Gasteiger partial charge on any atom is -0.473 e. The van der Waals surface area contributed by atoms with Gasteiger partial charge in [-0.2, -0.15) is 0 Å². The molecule has 0 aliphatic carbocycles. The number of nitrogens with zero attached hydrogens (tertiary/aromatic N) is 3. The third-order valence-electron chi connectivity index (χ3n) is 5.61. The van der Waals surface area contributed by atoms with Crippen molar-refractivity contribution < 1.29 is 29.5 Å². The number of nitro benzene ring substituents is 1. The number of nitro groups is 1.